The molecular formula is C16H27N3. The van der Waals surface area contributed by atoms with Gasteiger partial charge in [0.1, 0.15) is 0 Å². The van der Waals surface area contributed by atoms with E-state index in [9.17, 15) is 0 Å². The second kappa shape index (κ2) is 7.61. The third-order valence-corrected chi connectivity index (χ3v) is 3.83. The highest BCUT2D eigenvalue weighted by molar-refractivity contribution is 5.08. The van der Waals surface area contributed by atoms with E-state index in [2.05, 4.69) is 35.1 Å². The minimum absolute atomic E-state index is 0.776. The first-order valence-corrected chi connectivity index (χ1v) is 7.56. The van der Waals surface area contributed by atoms with Gasteiger partial charge in [0.2, 0.25) is 0 Å². The van der Waals surface area contributed by atoms with Crippen LogP contribution >= 0.6 is 0 Å². The molecular weight excluding hydrogens is 234 g/mol. The van der Waals surface area contributed by atoms with E-state index in [-0.39, 0.29) is 0 Å². The molecule has 0 bridgehead atoms. The number of pyridine rings is 1. The van der Waals surface area contributed by atoms with Crippen LogP contribution < -0.4 is 5.32 Å². The molecule has 2 heterocycles. The van der Waals surface area contributed by atoms with E-state index in [1.807, 2.05) is 18.5 Å². The Hall–Kier alpha value is -0.930. The number of hydrogen-bond donors (Lipinski definition) is 1. The van der Waals surface area contributed by atoms with E-state index in [1.54, 1.807) is 0 Å². The SMILES string of the molecule is CC(C)CCN(Cc1cccnc1)C[C@@H]1CCNC1. The molecule has 3 heteroatoms. The van der Waals surface area contributed by atoms with Crippen molar-refractivity contribution in [3.63, 3.8) is 0 Å². The number of nitrogens with one attached hydrogen (secondary N) is 1. The van der Waals surface area contributed by atoms with Crippen molar-refractivity contribution in [1.29, 1.82) is 0 Å². The summed E-state index contributed by atoms with van der Waals surface area (Å²) in [7, 11) is 0. The molecule has 0 radical (unpaired) electrons. The van der Waals surface area contributed by atoms with Crippen molar-refractivity contribution in [3.8, 4) is 0 Å². The van der Waals surface area contributed by atoms with E-state index in [1.165, 1.54) is 44.6 Å². The van der Waals surface area contributed by atoms with Gasteiger partial charge in [-0.15, -0.1) is 0 Å². The van der Waals surface area contributed by atoms with E-state index < -0.39 is 0 Å². The first-order valence-electron chi connectivity index (χ1n) is 7.56. The number of aromatic nitrogens is 1. The molecule has 3 nitrogen and oxygen atoms in total. The Morgan fingerprint density at radius 3 is 3.00 bits per heavy atom. The van der Waals surface area contributed by atoms with Crippen LogP contribution in [0.3, 0.4) is 0 Å². The summed E-state index contributed by atoms with van der Waals surface area (Å²) in [5, 5.41) is 3.47. The van der Waals surface area contributed by atoms with Crippen molar-refractivity contribution >= 4 is 0 Å². The first-order chi connectivity index (χ1) is 9.24. The minimum Gasteiger partial charge on any atom is -0.316 e. The second-order valence-corrected chi connectivity index (χ2v) is 6.14. The number of rotatable bonds is 7. The van der Waals surface area contributed by atoms with Crippen molar-refractivity contribution in [1.82, 2.24) is 15.2 Å². The normalized spacial score (nSPS) is 19.5. The maximum absolute atomic E-state index is 4.23. The van der Waals surface area contributed by atoms with Crippen LogP contribution in [-0.2, 0) is 6.54 Å². The van der Waals surface area contributed by atoms with E-state index in [0.717, 1.165) is 18.4 Å². The summed E-state index contributed by atoms with van der Waals surface area (Å²) in [5.41, 5.74) is 1.33. The summed E-state index contributed by atoms with van der Waals surface area (Å²) < 4.78 is 0. The predicted molar refractivity (Wildman–Crippen MR) is 79.9 cm³/mol. The molecule has 0 saturated carbocycles. The Morgan fingerprint density at radius 2 is 2.37 bits per heavy atom. The fourth-order valence-corrected chi connectivity index (χ4v) is 2.66. The molecule has 106 valence electrons. The van der Waals surface area contributed by atoms with Gasteiger partial charge in [-0.3, -0.25) is 9.88 Å². The Morgan fingerprint density at radius 1 is 1.47 bits per heavy atom. The van der Waals surface area contributed by atoms with Gasteiger partial charge in [-0.05, 0) is 55.9 Å². The number of hydrogen-bond acceptors (Lipinski definition) is 3. The van der Waals surface area contributed by atoms with Crippen molar-refractivity contribution < 1.29 is 0 Å². The summed E-state index contributed by atoms with van der Waals surface area (Å²) >= 11 is 0. The van der Waals surface area contributed by atoms with Gasteiger partial charge in [0, 0.05) is 25.5 Å². The van der Waals surface area contributed by atoms with Crippen molar-refractivity contribution in [2.24, 2.45) is 11.8 Å². The van der Waals surface area contributed by atoms with Gasteiger partial charge in [0.25, 0.3) is 0 Å². The topological polar surface area (TPSA) is 28.2 Å². The van der Waals surface area contributed by atoms with Crippen LogP contribution in [0, 0.1) is 11.8 Å². The average Bonchev–Trinajstić information content (AvgIpc) is 2.90. The highest BCUT2D eigenvalue weighted by atomic mass is 15.1. The Labute approximate surface area is 117 Å². The van der Waals surface area contributed by atoms with Gasteiger partial charge in [0.15, 0.2) is 0 Å². The zero-order chi connectivity index (χ0) is 13.5. The molecule has 0 unspecified atom stereocenters. The first kappa shape index (κ1) is 14.5. The van der Waals surface area contributed by atoms with Crippen molar-refractivity contribution in [2.45, 2.75) is 33.2 Å². The van der Waals surface area contributed by atoms with Crippen LogP contribution in [0.1, 0.15) is 32.3 Å². The maximum atomic E-state index is 4.23. The standard InChI is InChI=1S/C16H27N3/c1-14(2)6-9-19(13-16-5-8-18-11-16)12-15-4-3-7-17-10-15/h3-4,7,10,14,16,18H,5-6,8-9,11-13H2,1-2H3/t16-/m1/s1. The Kier molecular flexibility index (Phi) is 5.80. The molecule has 2 rings (SSSR count). The van der Waals surface area contributed by atoms with Gasteiger partial charge >= 0.3 is 0 Å². The summed E-state index contributed by atoms with van der Waals surface area (Å²) in [4.78, 5) is 6.83. The number of nitrogens with zero attached hydrogens (tertiary/aromatic N) is 2. The molecule has 1 aliphatic heterocycles. The van der Waals surface area contributed by atoms with E-state index >= 15 is 0 Å². The molecule has 1 aromatic heterocycles. The molecule has 1 atom stereocenters. The van der Waals surface area contributed by atoms with Crippen molar-refractivity contribution in [3.05, 3.63) is 30.1 Å². The van der Waals surface area contributed by atoms with Gasteiger partial charge in [-0.2, -0.15) is 0 Å². The third-order valence-electron chi connectivity index (χ3n) is 3.83. The highest BCUT2D eigenvalue weighted by Gasteiger charge is 2.18. The Bertz CT molecular complexity index is 344. The molecule has 0 aromatic carbocycles. The highest BCUT2D eigenvalue weighted by Crippen LogP contribution is 2.14. The van der Waals surface area contributed by atoms with Gasteiger partial charge in [-0.1, -0.05) is 19.9 Å². The molecule has 1 N–H and O–H groups in total. The smallest absolute Gasteiger partial charge is 0.0312 e. The van der Waals surface area contributed by atoms with Gasteiger partial charge < -0.3 is 5.32 Å². The minimum atomic E-state index is 0.776. The largest absolute Gasteiger partial charge is 0.316 e. The Balaban J connectivity index is 1.88. The lowest BCUT2D eigenvalue weighted by Crippen LogP contribution is -2.31. The quantitative estimate of drug-likeness (QED) is 0.817. The lowest BCUT2D eigenvalue weighted by molar-refractivity contribution is 0.217. The zero-order valence-electron chi connectivity index (χ0n) is 12.3. The van der Waals surface area contributed by atoms with Gasteiger partial charge in [-0.25, -0.2) is 0 Å². The van der Waals surface area contributed by atoms with Crippen LogP contribution in [0.25, 0.3) is 0 Å². The van der Waals surface area contributed by atoms with E-state index in [4.69, 9.17) is 0 Å². The van der Waals surface area contributed by atoms with E-state index in [0.29, 0.717) is 0 Å². The van der Waals surface area contributed by atoms with Crippen LogP contribution in [0.2, 0.25) is 0 Å². The molecule has 19 heavy (non-hydrogen) atoms. The van der Waals surface area contributed by atoms with Crippen LogP contribution in [-0.4, -0.2) is 36.1 Å². The lowest BCUT2D eigenvalue weighted by atomic mass is 10.1. The molecule has 1 aliphatic rings. The fourth-order valence-electron chi connectivity index (χ4n) is 2.66. The molecule has 1 aromatic rings. The molecule has 0 amide bonds. The van der Waals surface area contributed by atoms with Crippen molar-refractivity contribution in [2.75, 3.05) is 26.2 Å². The summed E-state index contributed by atoms with van der Waals surface area (Å²) in [5.74, 6) is 1.60. The molecule has 1 saturated heterocycles. The van der Waals surface area contributed by atoms with Gasteiger partial charge in [0.05, 0.1) is 0 Å². The summed E-state index contributed by atoms with van der Waals surface area (Å²) in [6, 6.07) is 4.22. The maximum Gasteiger partial charge on any atom is 0.0312 e. The average molecular weight is 261 g/mol. The predicted octanol–water partition coefficient (Wildman–Crippen LogP) is 2.54. The second-order valence-electron chi connectivity index (χ2n) is 6.14. The lowest BCUT2D eigenvalue weighted by Gasteiger charge is -2.26. The molecule has 0 spiro atoms. The third kappa shape index (κ3) is 5.29. The monoisotopic (exact) mass is 261 g/mol. The zero-order valence-corrected chi connectivity index (χ0v) is 12.3. The summed E-state index contributed by atoms with van der Waals surface area (Å²) in [6.07, 6.45) is 6.45. The van der Waals surface area contributed by atoms with Crippen LogP contribution in [0.15, 0.2) is 24.5 Å². The van der Waals surface area contributed by atoms with Crippen LogP contribution in [0.5, 0.6) is 0 Å². The van der Waals surface area contributed by atoms with Crippen LogP contribution in [0.4, 0.5) is 0 Å². The molecule has 1 fully saturated rings. The fraction of sp³-hybridized carbons (Fsp3) is 0.688. The molecule has 0 aliphatic carbocycles. The summed E-state index contributed by atoms with van der Waals surface area (Å²) in [6.45, 7) is 10.4.